The Labute approximate surface area is 155 Å². The van der Waals surface area contributed by atoms with Gasteiger partial charge >= 0.3 is 0 Å². The van der Waals surface area contributed by atoms with E-state index in [4.69, 9.17) is 0 Å². The van der Waals surface area contributed by atoms with Gasteiger partial charge in [-0.2, -0.15) is 0 Å². The number of aromatic nitrogens is 2. The summed E-state index contributed by atoms with van der Waals surface area (Å²) in [5.74, 6) is 0.450. The number of allylic oxidation sites excluding steroid dienone is 1. The van der Waals surface area contributed by atoms with Gasteiger partial charge in [-0.25, -0.2) is 9.97 Å². The summed E-state index contributed by atoms with van der Waals surface area (Å²) in [5.41, 5.74) is 4.04. The number of hydrogen-bond acceptors (Lipinski definition) is 4. The van der Waals surface area contributed by atoms with E-state index < -0.39 is 0 Å². The SMILES string of the molecule is CCc1ccc(Nc2cnc(C(=O)NCCC3=CCCCC3)cn2)cc1. The lowest BCUT2D eigenvalue weighted by Gasteiger charge is -2.12. The first-order valence-electron chi connectivity index (χ1n) is 9.38. The van der Waals surface area contributed by atoms with Crippen molar-refractivity contribution in [2.24, 2.45) is 0 Å². The fourth-order valence-electron chi connectivity index (χ4n) is 3.04. The highest BCUT2D eigenvalue weighted by molar-refractivity contribution is 5.92. The molecule has 1 aromatic carbocycles. The smallest absolute Gasteiger partial charge is 0.271 e. The highest BCUT2D eigenvalue weighted by Crippen LogP contribution is 2.19. The van der Waals surface area contributed by atoms with Crippen LogP contribution < -0.4 is 10.6 Å². The number of carbonyl (C=O) groups excluding carboxylic acids is 1. The molecule has 0 fully saturated rings. The summed E-state index contributed by atoms with van der Waals surface area (Å²) in [6.07, 6.45) is 12.2. The van der Waals surface area contributed by atoms with Crippen LogP contribution >= 0.6 is 0 Å². The van der Waals surface area contributed by atoms with E-state index in [0.717, 1.165) is 24.9 Å². The van der Waals surface area contributed by atoms with Crippen molar-refractivity contribution in [3.8, 4) is 0 Å². The van der Waals surface area contributed by atoms with Gasteiger partial charge in [0.2, 0.25) is 0 Å². The molecule has 1 aliphatic rings. The van der Waals surface area contributed by atoms with Gasteiger partial charge in [-0.1, -0.05) is 30.7 Å². The Morgan fingerprint density at radius 2 is 1.96 bits per heavy atom. The highest BCUT2D eigenvalue weighted by Gasteiger charge is 2.09. The van der Waals surface area contributed by atoms with Crippen LogP contribution in [-0.2, 0) is 6.42 Å². The van der Waals surface area contributed by atoms with Crippen molar-refractivity contribution in [2.75, 3.05) is 11.9 Å². The predicted octanol–water partition coefficient (Wildman–Crippen LogP) is 4.40. The molecule has 2 N–H and O–H groups in total. The van der Waals surface area contributed by atoms with Crippen LogP contribution in [0.3, 0.4) is 0 Å². The molecule has 2 aromatic rings. The van der Waals surface area contributed by atoms with Gasteiger partial charge in [0.1, 0.15) is 11.5 Å². The summed E-state index contributed by atoms with van der Waals surface area (Å²) >= 11 is 0. The Morgan fingerprint density at radius 3 is 2.62 bits per heavy atom. The lowest BCUT2D eigenvalue weighted by molar-refractivity contribution is 0.0948. The topological polar surface area (TPSA) is 66.9 Å². The summed E-state index contributed by atoms with van der Waals surface area (Å²) in [6, 6.07) is 8.20. The van der Waals surface area contributed by atoms with E-state index >= 15 is 0 Å². The average molecular weight is 350 g/mol. The second kappa shape index (κ2) is 9.13. The zero-order valence-corrected chi connectivity index (χ0v) is 15.3. The van der Waals surface area contributed by atoms with Crippen LogP contribution in [0.4, 0.5) is 11.5 Å². The number of hydrogen-bond donors (Lipinski definition) is 2. The third kappa shape index (κ3) is 5.15. The van der Waals surface area contributed by atoms with Crippen LogP contribution in [-0.4, -0.2) is 22.4 Å². The molecule has 136 valence electrons. The molecule has 1 heterocycles. The van der Waals surface area contributed by atoms with Gasteiger partial charge in [0.25, 0.3) is 5.91 Å². The minimum atomic E-state index is -0.173. The molecule has 0 spiro atoms. The van der Waals surface area contributed by atoms with Gasteiger partial charge in [0, 0.05) is 12.2 Å². The molecule has 1 amide bonds. The minimum Gasteiger partial charge on any atom is -0.350 e. The van der Waals surface area contributed by atoms with E-state index in [1.165, 1.54) is 36.6 Å². The Morgan fingerprint density at radius 1 is 1.12 bits per heavy atom. The van der Waals surface area contributed by atoms with Crippen LogP contribution in [0.15, 0.2) is 48.3 Å². The second-order valence-corrected chi connectivity index (χ2v) is 6.58. The molecular formula is C21H26N4O. The number of rotatable bonds is 7. The zero-order chi connectivity index (χ0) is 18.2. The van der Waals surface area contributed by atoms with Crippen molar-refractivity contribution in [1.82, 2.24) is 15.3 Å². The molecule has 1 aliphatic carbocycles. The van der Waals surface area contributed by atoms with E-state index in [-0.39, 0.29) is 5.91 Å². The van der Waals surface area contributed by atoms with Crippen molar-refractivity contribution in [3.05, 3.63) is 59.6 Å². The average Bonchev–Trinajstić information content (AvgIpc) is 2.70. The fraction of sp³-hybridized carbons (Fsp3) is 0.381. The van der Waals surface area contributed by atoms with Gasteiger partial charge < -0.3 is 10.6 Å². The molecule has 1 aromatic heterocycles. The number of carbonyl (C=O) groups is 1. The largest absolute Gasteiger partial charge is 0.350 e. The molecule has 5 heteroatoms. The van der Waals surface area contributed by atoms with Gasteiger partial charge in [-0.3, -0.25) is 4.79 Å². The first-order chi connectivity index (χ1) is 12.7. The number of aryl methyl sites for hydroxylation is 1. The van der Waals surface area contributed by atoms with Crippen LogP contribution in [0.2, 0.25) is 0 Å². The van der Waals surface area contributed by atoms with Gasteiger partial charge in [-0.15, -0.1) is 0 Å². The van der Waals surface area contributed by atoms with Crippen LogP contribution in [0.25, 0.3) is 0 Å². The number of amides is 1. The number of nitrogens with zero attached hydrogens (tertiary/aromatic N) is 2. The highest BCUT2D eigenvalue weighted by atomic mass is 16.1. The first kappa shape index (κ1) is 18.1. The standard InChI is InChI=1S/C21H26N4O/c1-2-16-8-10-18(11-9-16)25-20-15-23-19(14-24-20)21(26)22-13-12-17-6-4-3-5-7-17/h6,8-11,14-15H,2-5,7,12-13H2,1H3,(H,22,26)(H,24,25). The summed E-state index contributed by atoms with van der Waals surface area (Å²) < 4.78 is 0. The summed E-state index contributed by atoms with van der Waals surface area (Å²) in [7, 11) is 0. The summed E-state index contributed by atoms with van der Waals surface area (Å²) in [6.45, 7) is 2.78. The number of benzene rings is 1. The molecule has 3 rings (SSSR count). The molecule has 5 nitrogen and oxygen atoms in total. The molecule has 0 bridgehead atoms. The Bertz CT molecular complexity index is 751. The molecule has 26 heavy (non-hydrogen) atoms. The van der Waals surface area contributed by atoms with Crippen molar-refractivity contribution >= 4 is 17.4 Å². The maximum Gasteiger partial charge on any atom is 0.271 e. The van der Waals surface area contributed by atoms with Crippen molar-refractivity contribution in [3.63, 3.8) is 0 Å². The van der Waals surface area contributed by atoms with Gasteiger partial charge in [0.05, 0.1) is 12.4 Å². The number of nitrogens with one attached hydrogen (secondary N) is 2. The van der Waals surface area contributed by atoms with Crippen LogP contribution in [0.5, 0.6) is 0 Å². The molecule has 0 saturated heterocycles. The first-order valence-corrected chi connectivity index (χ1v) is 9.38. The quantitative estimate of drug-likeness (QED) is 0.726. The van der Waals surface area contributed by atoms with Crippen molar-refractivity contribution in [1.29, 1.82) is 0 Å². The van der Waals surface area contributed by atoms with Gasteiger partial charge in [0.15, 0.2) is 0 Å². The normalized spacial score (nSPS) is 13.8. The Kier molecular flexibility index (Phi) is 6.36. The fourth-order valence-corrected chi connectivity index (χ4v) is 3.04. The monoisotopic (exact) mass is 350 g/mol. The maximum atomic E-state index is 12.2. The third-order valence-corrected chi connectivity index (χ3v) is 4.64. The maximum absolute atomic E-state index is 12.2. The van der Waals surface area contributed by atoms with Crippen molar-refractivity contribution < 1.29 is 4.79 Å². The Balaban J connectivity index is 1.49. The molecule has 0 unspecified atom stereocenters. The van der Waals surface area contributed by atoms with Crippen LogP contribution in [0, 0.1) is 0 Å². The summed E-state index contributed by atoms with van der Waals surface area (Å²) in [5, 5.41) is 6.12. The predicted molar refractivity (Wildman–Crippen MR) is 105 cm³/mol. The molecule has 0 saturated carbocycles. The van der Waals surface area contributed by atoms with Crippen molar-refractivity contribution in [2.45, 2.75) is 45.4 Å². The van der Waals surface area contributed by atoms with E-state index in [2.05, 4.69) is 45.7 Å². The van der Waals surface area contributed by atoms with E-state index in [9.17, 15) is 4.79 Å². The second-order valence-electron chi connectivity index (χ2n) is 6.58. The molecule has 0 aliphatic heterocycles. The molecular weight excluding hydrogens is 324 g/mol. The zero-order valence-electron chi connectivity index (χ0n) is 15.3. The van der Waals surface area contributed by atoms with E-state index in [1.54, 1.807) is 6.20 Å². The van der Waals surface area contributed by atoms with Crippen LogP contribution in [0.1, 0.15) is 55.1 Å². The van der Waals surface area contributed by atoms with E-state index in [0.29, 0.717) is 18.1 Å². The minimum absolute atomic E-state index is 0.173. The van der Waals surface area contributed by atoms with E-state index in [1.807, 2.05) is 12.1 Å². The van der Waals surface area contributed by atoms with Gasteiger partial charge in [-0.05, 0) is 56.2 Å². The lowest BCUT2D eigenvalue weighted by atomic mass is 9.97. The molecule has 0 radical (unpaired) electrons. The molecule has 0 atom stereocenters. The lowest BCUT2D eigenvalue weighted by Crippen LogP contribution is -2.26. The summed E-state index contributed by atoms with van der Waals surface area (Å²) in [4.78, 5) is 20.7. The number of anilines is 2. The third-order valence-electron chi connectivity index (χ3n) is 4.64. The Hall–Kier alpha value is -2.69.